The molecule has 1 unspecified atom stereocenters. The number of carboxylic acid groups (broad SMARTS) is 1. The first-order valence-electron chi connectivity index (χ1n) is 6.89. The average molecular weight is 293 g/mol. The van der Waals surface area contributed by atoms with E-state index in [1.807, 2.05) is 0 Å². The first-order valence-corrected chi connectivity index (χ1v) is 6.89. The van der Waals surface area contributed by atoms with Gasteiger partial charge in [-0.3, -0.25) is 9.59 Å². The molecule has 2 N–H and O–H groups in total. The molecule has 114 valence electrons. The van der Waals surface area contributed by atoms with Crippen LogP contribution in [0.5, 0.6) is 0 Å². The minimum absolute atomic E-state index is 0.125. The Morgan fingerprint density at radius 3 is 2.52 bits per heavy atom. The number of aliphatic carboxylic acids is 1. The summed E-state index contributed by atoms with van der Waals surface area (Å²) >= 11 is 0. The van der Waals surface area contributed by atoms with Crippen LogP contribution in [0.3, 0.4) is 0 Å². The molecule has 2 heterocycles. The van der Waals surface area contributed by atoms with Crippen LogP contribution in [0.15, 0.2) is 12.3 Å². The normalized spacial score (nSPS) is 15.8. The molecule has 1 aromatic rings. The molecular formula is C14H19N3O4. The van der Waals surface area contributed by atoms with Gasteiger partial charge in [0.05, 0.1) is 5.56 Å². The van der Waals surface area contributed by atoms with Crippen LogP contribution < -0.4 is 0 Å². The third-order valence-corrected chi connectivity index (χ3v) is 3.81. The average Bonchev–Trinajstić information content (AvgIpc) is 3.14. The summed E-state index contributed by atoms with van der Waals surface area (Å²) in [4.78, 5) is 40.9. The Bertz CT molecular complexity index is 560. The lowest BCUT2D eigenvalue weighted by Gasteiger charge is -2.20. The summed E-state index contributed by atoms with van der Waals surface area (Å²) in [7, 11) is 1.43. The van der Waals surface area contributed by atoms with Crippen molar-refractivity contribution < 1.29 is 19.5 Å². The molecule has 1 aliphatic rings. The minimum atomic E-state index is -1.07. The molecule has 1 aromatic heterocycles. The van der Waals surface area contributed by atoms with Crippen LogP contribution in [0.2, 0.25) is 0 Å². The number of hydrogen-bond donors (Lipinski definition) is 2. The van der Waals surface area contributed by atoms with Crippen molar-refractivity contribution in [3.05, 3.63) is 23.5 Å². The third kappa shape index (κ3) is 3.07. The van der Waals surface area contributed by atoms with E-state index in [-0.39, 0.29) is 11.5 Å². The predicted molar refractivity (Wildman–Crippen MR) is 75.1 cm³/mol. The van der Waals surface area contributed by atoms with Crippen molar-refractivity contribution in [2.45, 2.75) is 25.8 Å². The predicted octanol–water partition coefficient (Wildman–Crippen LogP) is 0.796. The van der Waals surface area contributed by atoms with Gasteiger partial charge >= 0.3 is 5.97 Å². The molecule has 0 aromatic carbocycles. The van der Waals surface area contributed by atoms with Gasteiger partial charge in [-0.05, 0) is 25.8 Å². The van der Waals surface area contributed by atoms with E-state index in [1.54, 1.807) is 4.90 Å². The zero-order chi connectivity index (χ0) is 15.6. The fraction of sp³-hybridized carbons (Fsp3) is 0.500. The quantitative estimate of drug-likeness (QED) is 0.858. The second-order valence-corrected chi connectivity index (χ2v) is 5.23. The van der Waals surface area contributed by atoms with Gasteiger partial charge in [0, 0.05) is 26.3 Å². The summed E-state index contributed by atoms with van der Waals surface area (Å²) in [5.41, 5.74) is 0.643. The van der Waals surface area contributed by atoms with Crippen LogP contribution in [-0.2, 0) is 4.79 Å². The van der Waals surface area contributed by atoms with E-state index in [0.29, 0.717) is 5.69 Å². The summed E-state index contributed by atoms with van der Waals surface area (Å²) in [6, 6.07) is 0.554. The lowest BCUT2D eigenvalue weighted by molar-refractivity contribution is -0.141. The monoisotopic (exact) mass is 293 g/mol. The number of rotatable bonds is 4. The van der Waals surface area contributed by atoms with Gasteiger partial charge in [0.25, 0.3) is 11.8 Å². The smallest absolute Gasteiger partial charge is 0.326 e. The number of amides is 2. The number of aromatic amines is 1. The number of nitrogens with zero attached hydrogens (tertiary/aromatic N) is 2. The maximum atomic E-state index is 12.2. The first kappa shape index (κ1) is 15.1. The molecule has 7 nitrogen and oxygen atoms in total. The zero-order valence-electron chi connectivity index (χ0n) is 12.1. The minimum Gasteiger partial charge on any atom is -0.480 e. The van der Waals surface area contributed by atoms with Crippen LogP contribution in [0, 0.1) is 0 Å². The van der Waals surface area contributed by atoms with Crippen molar-refractivity contribution in [1.29, 1.82) is 0 Å². The highest BCUT2D eigenvalue weighted by molar-refractivity contribution is 6.00. The Morgan fingerprint density at radius 1 is 1.33 bits per heavy atom. The van der Waals surface area contributed by atoms with Gasteiger partial charge in [0.1, 0.15) is 11.7 Å². The number of likely N-dealkylation sites (N-methyl/N-ethyl adjacent to an activating group) is 1. The molecule has 7 heteroatoms. The summed E-state index contributed by atoms with van der Waals surface area (Å²) in [5, 5.41) is 8.92. The van der Waals surface area contributed by atoms with Crippen LogP contribution in [0.25, 0.3) is 0 Å². The van der Waals surface area contributed by atoms with E-state index in [1.165, 1.54) is 26.2 Å². The summed E-state index contributed by atoms with van der Waals surface area (Å²) in [6.45, 7) is 2.90. The van der Waals surface area contributed by atoms with Crippen molar-refractivity contribution >= 4 is 17.8 Å². The number of aromatic nitrogens is 1. The van der Waals surface area contributed by atoms with Gasteiger partial charge in [0.2, 0.25) is 0 Å². The van der Waals surface area contributed by atoms with Crippen LogP contribution in [-0.4, -0.2) is 63.9 Å². The molecule has 2 rings (SSSR count). The highest BCUT2D eigenvalue weighted by atomic mass is 16.4. The molecule has 0 saturated carbocycles. The number of hydrogen-bond acceptors (Lipinski definition) is 3. The Labute approximate surface area is 122 Å². The standard InChI is InChI=1S/C14H19N3O4/c1-9(14(20)21)16(2)12(18)10-7-11(15-8-10)13(19)17-5-3-4-6-17/h7-9,15H,3-6H2,1-2H3,(H,20,21). The fourth-order valence-corrected chi connectivity index (χ4v) is 2.28. The zero-order valence-corrected chi connectivity index (χ0v) is 12.1. The second-order valence-electron chi connectivity index (χ2n) is 5.23. The van der Waals surface area contributed by atoms with Gasteiger partial charge in [-0.2, -0.15) is 0 Å². The van der Waals surface area contributed by atoms with Crippen molar-refractivity contribution in [3.8, 4) is 0 Å². The number of H-pyrrole nitrogens is 1. The molecule has 0 bridgehead atoms. The van der Waals surface area contributed by atoms with Crippen LogP contribution >= 0.6 is 0 Å². The molecule has 1 atom stereocenters. The fourth-order valence-electron chi connectivity index (χ4n) is 2.28. The van der Waals surface area contributed by atoms with Crippen LogP contribution in [0.4, 0.5) is 0 Å². The van der Waals surface area contributed by atoms with Crippen molar-refractivity contribution in [2.24, 2.45) is 0 Å². The molecule has 1 saturated heterocycles. The number of nitrogens with one attached hydrogen (secondary N) is 1. The Kier molecular flexibility index (Phi) is 4.30. The SMILES string of the molecule is CC(C(=O)O)N(C)C(=O)c1c[nH]c(C(=O)N2CCCC2)c1. The molecule has 2 amide bonds. The second kappa shape index (κ2) is 5.99. The van der Waals surface area contributed by atoms with Crippen molar-refractivity contribution in [1.82, 2.24) is 14.8 Å². The highest BCUT2D eigenvalue weighted by Gasteiger charge is 2.25. The van der Waals surface area contributed by atoms with E-state index >= 15 is 0 Å². The summed E-state index contributed by atoms with van der Waals surface area (Å²) in [5.74, 6) is -1.63. The topological polar surface area (TPSA) is 93.7 Å². The molecule has 21 heavy (non-hydrogen) atoms. The van der Waals surface area contributed by atoms with E-state index < -0.39 is 17.9 Å². The first-order chi connectivity index (χ1) is 9.91. The van der Waals surface area contributed by atoms with Crippen molar-refractivity contribution in [3.63, 3.8) is 0 Å². The molecule has 0 aliphatic carbocycles. The lowest BCUT2D eigenvalue weighted by atomic mass is 10.2. The Balaban J connectivity index is 2.10. The number of carbonyl (C=O) groups excluding carboxylic acids is 2. The van der Waals surface area contributed by atoms with E-state index in [0.717, 1.165) is 30.8 Å². The van der Waals surface area contributed by atoms with Gasteiger partial charge in [0.15, 0.2) is 0 Å². The summed E-state index contributed by atoms with van der Waals surface area (Å²) < 4.78 is 0. The number of carbonyl (C=O) groups is 3. The van der Waals surface area contributed by atoms with E-state index in [9.17, 15) is 14.4 Å². The largest absolute Gasteiger partial charge is 0.480 e. The van der Waals surface area contributed by atoms with Gasteiger partial charge in [-0.25, -0.2) is 4.79 Å². The molecule has 1 fully saturated rings. The third-order valence-electron chi connectivity index (χ3n) is 3.81. The highest BCUT2D eigenvalue weighted by Crippen LogP contribution is 2.14. The summed E-state index contributed by atoms with van der Waals surface area (Å²) in [6.07, 6.45) is 3.44. The van der Waals surface area contributed by atoms with Gasteiger partial charge in [-0.1, -0.05) is 0 Å². The maximum absolute atomic E-state index is 12.2. The molecule has 1 aliphatic heterocycles. The van der Waals surface area contributed by atoms with E-state index in [4.69, 9.17) is 5.11 Å². The Hall–Kier alpha value is -2.31. The lowest BCUT2D eigenvalue weighted by Crippen LogP contribution is -2.40. The molecular weight excluding hydrogens is 274 g/mol. The number of likely N-dealkylation sites (tertiary alicyclic amines) is 1. The van der Waals surface area contributed by atoms with E-state index in [2.05, 4.69) is 4.98 Å². The maximum Gasteiger partial charge on any atom is 0.326 e. The van der Waals surface area contributed by atoms with Gasteiger partial charge < -0.3 is 19.9 Å². The molecule has 0 radical (unpaired) electrons. The Morgan fingerprint density at radius 2 is 1.95 bits per heavy atom. The van der Waals surface area contributed by atoms with Crippen LogP contribution in [0.1, 0.15) is 40.6 Å². The number of carboxylic acids is 1. The molecule has 0 spiro atoms. The van der Waals surface area contributed by atoms with Gasteiger partial charge in [-0.15, -0.1) is 0 Å². The van der Waals surface area contributed by atoms with Crippen molar-refractivity contribution in [2.75, 3.05) is 20.1 Å².